The fourth-order valence-corrected chi connectivity index (χ4v) is 11.0. The topological polar surface area (TPSA) is 56.1 Å². The first-order valence-corrected chi connectivity index (χ1v) is 20.1. The van der Waals surface area contributed by atoms with Gasteiger partial charge in [0.2, 0.25) is 0 Å². The third kappa shape index (κ3) is 10.7. The number of benzene rings is 6. The first-order valence-electron chi connectivity index (χ1n) is 18.6. The number of amidine groups is 1. The standard InChI is InChI=1S/C27H32P.C20H16N3.C2H4O2.Pd/c1-16-10-19(4)25(20(5)11-16)28(26-21(6)12-17(2)13-22(26)7)27-23(8)14-18(3)15-24(27)9;1-4-10-17(11-5-1)20-21-23(19-14-8-3-9-15-19)16-22(20)18-12-6-2-7-13-18;1-2(3)4;/h10-15H,4H2,1-3,5-9H3;1-16H;1H3,(H,3,4);/q2*-1;;+2/p+1. The van der Waals surface area contributed by atoms with E-state index >= 15 is 0 Å². The third-order valence-electron chi connectivity index (χ3n) is 9.41. The molecular formula is C49H53N3O2PPd+. The Morgan fingerprint density at radius 3 is 1.36 bits per heavy atom. The van der Waals surface area contributed by atoms with E-state index in [1.54, 1.807) is 0 Å². The molecule has 0 radical (unpaired) electrons. The maximum atomic E-state index is 9.00. The largest absolute Gasteiger partial charge is 2.00 e. The number of hydrogen-bond acceptors (Lipinski definition) is 4. The fourth-order valence-electron chi connectivity index (χ4n) is 7.54. The molecule has 0 bridgehead atoms. The molecule has 0 aromatic heterocycles. The van der Waals surface area contributed by atoms with Crippen LogP contribution in [0.3, 0.4) is 0 Å². The number of rotatable bonds is 6. The van der Waals surface area contributed by atoms with Crippen LogP contribution in [0.5, 0.6) is 0 Å². The van der Waals surface area contributed by atoms with Gasteiger partial charge < -0.3 is 15.0 Å². The molecule has 5 nitrogen and oxygen atoms in total. The van der Waals surface area contributed by atoms with E-state index in [4.69, 9.17) is 15.0 Å². The molecule has 0 saturated carbocycles. The van der Waals surface area contributed by atoms with Crippen LogP contribution in [0.15, 0.2) is 132 Å². The second kappa shape index (κ2) is 19.7. The smallest absolute Gasteiger partial charge is 0.481 e. The van der Waals surface area contributed by atoms with E-state index in [1.165, 1.54) is 66.0 Å². The van der Waals surface area contributed by atoms with Crippen LogP contribution in [0.4, 0.5) is 11.4 Å². The first-order chi connectivity index (χ1) is 26.2. The molecule has 0 saturated heterocycles. The molecule has 7 heteroatoms. The van der Waals surface area contributed by atoms with E-state index in [9.17, 15) is 0 Å². The third-order valence-corrected chi connectivity index (χ3v) is 13.2. The van der Waals surface area contributed by atoms with E-state index < -0.39 is 13.9 Å². The second-order valence-corrected chi connectivity index (χ2v) is 16.6. The number of hydrazone groups is 1. The number of para-hydroxylation sites is 2. The van der Waals surface area contributed by atoms with Crippen LogP contribution < -0.4 is 25.8 Å². The number of aliphatic carboxylic acids is 1. The molecule has 6 aromatic rings. The molecule has 6 aromatic carbocycles. The molecule has 0 amide bonds. The molecule has 0 fully saturated rings. The minimum atomic E-state index is -1.17. The maximum Gasteiger partial charge on any atom is 2.00 e. The Morgan fingerprint density at radius 2 is 0.946 bits per heavy atom. The normalized spacial score (nSPS) is 11.9. The average Bonchev–Trinajstić information content (AvgIpc) is 3.57. The number of hydrogen-bond donors (Lipinski definition) is 1. The molecule has 1 aliphatic heterocycles. The monoisotopic (exact) mass is 852 g/mol. The second-order valence-electron chi connectivity index (χ2n) is 14.3. The molecule has 0 unspecified atom stereocenters. The zero-order chi connectivity index (χ0) is 39.8. The molecule has 0 atom stereocenters. The van der Waals surface area contributed by atoms with Gasteiger partial charge >= 0.3 is 20.4 Å². The van der Waals surface area contributed by atoms with E-state index in [0.717, 1.165) is 29.7 Å². The van der Waals surface area contributed by atoms with E-state index in [-0.39, 0.29) is 20.4 Å². The van der Waals surface area contributed by atoms with Crippen molar-refractivity contribution in [3.05, 3.63) is 197 Å². The zero-order valence-corrected chi connectivity index (χ0v) is 36.5. The van der Waals surface area contributed by atoms with E-state index in [0.29, 0.717) is 0 Å². The molecule has 0 aliphatic carbocycles. The van der Waals surface area contributed by atoms with Crippen LogP contribution in [-0.4, -0.2) is 16.9 Å². The number of nitrogens with zero attached hydrogens (tertiary/aromatic N) is 3. The van der Waals surface area contributed by atoms with Gasteiger partial charge in [-0.25, -0.2) is 0 Å². The summed E-state index contributed by atoms with van der Waals surface area (Å²) >= 11 is 0. The molecule has 1 N–H and O–H groups in total. The first kappa shape index (κ1) is 43.7. The Labute approximate surface area is 349 Å². The summed E-state index contributed by atoms with van der Waals surface area (Å²) in [6, 6.07) is 44.6. The zero-order valence-electron chi connectivity index (χ0n) is 33.9. The summed E-state index contributed by atoms with van der Waals surface area (Å²) in [4.78, 5) is 11.1. The summed E-state index contributed by atoms with van der Waals surface area (Å²) in [5, 5.41) is 18.7. The van der Waals surface area contributed by atoms with Gasteiger partial charge in [-0.3, -0.25) is 4.79 Å². The van der Waals surface area contributed by atoms with Gasteiger partial charge in [-0.15, -0.1) is 12.2 Å². The average molecular weight is 853 g/mol. The fraction of sp³-hybridized carbons (Fsp3) is 0.184. The summed E-state index contributed by atoms with van der Waals surface area (Å²) in [6.07, 6.45) is 0. The molecular weight excluding hydrogens is 800 g/mol. The van der Waals surface area contributed by atoms with Crippen LogP contribution in [0, 0.1) is 69.0 Å². The van der Waals surface area contributed by atoms with Gasteiger partial charge in [0, 0.05) is 29.2 Å². The Hall–Kier alpha value is -4.98. The van der Waals surface area contributed by atoms with Crippen molar-refractivity contribution in [1.29, 1.82) is 0 Å². The van der Waals surface area contributed by atoms with Gasteiger partial charge in [0.1, 0.15) is 5.84 Å². The summed E-state index contributed by atoms with van der Waals surface area (Å²) in [6.45, 7) is 25.6. The molecule has 1 aliphatic rings. The number of aryl methyl sites for hydroxylation is 8. The predicted octanol–water partition coefficient (Wildman–Crippen LogP) is 10.4. The van der Waals surface area contributed by atoms with E-state index in [2.05, 4.69) is 140 Å². The molecule has 1 heterocycles. The SMILES string of the molecule is CC(=O)O.[CH2-]c1cc(C)cc(C)c1[PH+](c1c(C)cc(C)cc1C)c1c(C)cc(C)cc1C.[Pd+2].c1ccc(C2=NN(c3ccccc3)[CH-]N2c2ccccc2)cc1. The summed E-state index contributed by atoms with van der Waals surface area (Å²) < 4.78 is 0. The van der Waals surface area contributed by atoms with Gasteiger partial charge in [0.25, 0.3) is 5.97 Å². The van der Waals surface area contributed by atoms with E-state index in [1.807, 2.05) is 66.3 Å². The molecule has 290 valence electrons. The van der Waals surface area contributed by atoms with Gasteiger partial charge in [-0.2, -0.15) is 23.7 Å². The summed E-state index contributed by atoms with van der Waals surface area (Å²) in [5.41, 5.74) is 15.4. The van der Waals surface area contributed by atoms with Crippen LogP contribution in [0.2, 0.25) is 0 Å². The van der Waals surface area contributed by atoms with Gasteiger partial charge in [0.15, 0.2) is 0 Å². The number of carbonyl (C=O) groups is 1. The van der Waals surface area contributed by atoms with Crippen molar-refractivity contribution in [3.63, 3.8) is 0 Å². The number of carboxylic acid groups (broad SMARTS) is 1. The predicted molar refractivity (Wildman–Crippen MR) is 237 cm³/mol. The molecule has 7 rings (SSSR count). The number of anilines is 2. The van der Waals surface area contributed by atoms with Crippen LogP contribution in [-0.2, 0) is 25.2 Å². The Bertz CT molecular complexity index is 2080. The van der Waals surface area contributed by atoms with Crippen molar-refractivity contribution < 1.29 is 30.3 Å². The molecule has 56 heavy (non-hydrogen) atoms. The van der Waals surface area contributed by atoms with Crippen LogP contribution >= 0.6 is 7.92 Å². The summed E-state index contributed by atoms with van der Waals surface area (Å²) in [7, 11) is -1.17. The van der Waals surface area contributed by atoms with Crippen molar-refractivity contribution in [2.75, 3.05) is 9.91 Å². The van der Waals surface area contributed by atoms with Gasteiger partial charge in [-0.1, -0.05) is 121 Å². The van der Waals surface area contributed by atoms with Crippen molar-refractivity contribution in [2.24, 2.45) is 5.10 Å². The van der Waals surface area contributed by atoms with Crippen molar-refractivity contribution in [1.82, 2.24) is 0 Å². The minimum Gasteiger partial charge on any atom is -0.481 e. The van der Waals surface area contributed by atoms with Crippen LogP contribution in [0.1, 0.15) is 62.6 Å². The minimum absolute atomic E-state index is 0. The van der Waals surface area contributed by atoms with Crippen LogP contribution in [0.25, 0.3) is 0 Å². The Morgan fingerprint density at radius 1 is 0.589 bits per heavy atom. The van der Waals surface area contributed by atoms with Crippen molar-refractivity contribution >= 4 is 47.0 Å². The quantitative estimate of drug-likeness (QED) is 0.103. The Balaban J connectivity index is 0.000000226. The number of carboxylic acids is 1. The maximum absolute atomic E-state index is 9.00. The summed E-state index contributed by atoms with van der Waals surface area (Å²) in [5.74, 6) is 0.0839. The van der Waals surface area contributed by atoms with Gasteiger partial charge in [-0.05, 0) is 95.0 Å². The van der Waals surface area contributed by atoms with Crippen molar-refractivity contribution in [2.45, 2.75) is 62.3 Å². The van der Waals surface area contributed by atoms with Crippen molar-refractivity contribution in [3.8, 4) is 0 Å². The van der Waals surface area contributed by atoms with Gasteiger partial charge in [0.05, 0.1) is 18.5 Å². The molecule has 0 spiro atoms. The Kier molecular flexibility index (Phi) is 15.4.